The Balaban J connectivity index is 0.00000208. The summed E-state index contributed by atoms with van der Waals surface area (Å²) in [4.78, 5) is 2.40. The molecule has 0 saturated carbocycles. The van der Waals surface area contributed by atoms with E-state index in [-0.39, 0.29) is 18.2 Å². The molecule has 5 heteroatoms. The number of rotatable bonds is 6. The lowest BCUT2D eigenvalue weighted by atomic mass is 9.89. The zero-order valence-electron chi connectivity index (χ0n) is 13.6. The van der Waals surface area contributed by atoms with E-state index < -0.39 is 0 Å². The van der Waals surface area contributed by atoms with Crippen LogP contribution >= 0.6 is 12.4 Å². The average Bonchev–Trinajstić information content (AvgIpc) is 3.01. The number of hydrogen-bond acceptors (Lipinski definition) is 3. The molecule has 24 heavy (non-hydrogen) atoms. The van der Waals surface area contributed by atoms with Gasteiger partial charge in [0.2, 0.25) is 0 Å². The van der Waals surface area contributed by atoms with Gasteiger partial charge in [-0.2, -0.15) is 0 Å². The molecule has 0 aromatic heterocycles. The van der Waals surface area contributed by atoms with Crippen molar-refractivity contribution in [2.75, 3.05) is 32.8 Å². The highest BCUT2D eigenvalue weighted by atomic mass is 35.5. The molecule has 1 fully saturated rings. The second-order valence-electron chi connectivity index (χ2n) is 6.07. The van der Waals surface area contributed by atoms with Crippen LogP contribution in [0.15, 0.2) is 54.6 Å². The van der Waals surface area contributed by atoms with E-state index in [4.69, 9.17) is 10.5 Å². The maximum absolute atomic E-state index is 12.9. The van der Waals surface area contributed by atoms with Crippen LogP contribution < -0.4 is 10.5 Å². The molecule has 0 unspecified atom stereocenters. The lowest BCUT2D eigenvalue weighted by Crippen LogP contribution is -2.27. The highest BCUT2D eigenvalue weighted by Crippen LogP contribution is 2.31. The quantitative estimate of drug-likeness (QED) is 0.868. The third-order valence-corrected chi connectivity index (χ3v) is 4.54. The molecule has 1 aliphatic heterocycles. The third-order valence-electron chi connectivity index (χ3n) is 4.54. The average molecular weight is 351 g/mol. The number of halogens is 2. The van der Waals surface area contributed by atoms with Crippen LogP contribution in [0.5, 0.6) is 5.75 Å². The Kier molecular flexibility index (Phi) is 7.03. The minimum Gasteiger partial charge on any atom is -0.492 e. The van der Waals surface area contributed by atoms with Crippen molar-refractivity contribution >= 4 is 12.4 Å². The van der Waals surface area contributed by atoms with Crippen LogP contribution in [0, 0.1) is 11.7 Å². The molecule has 0 amide bonds. The summed E-state index contributed by atoms with van der Waals surface area (Å²) < 4.78 is 18.6. The third kappa shape index (κ3) is 4.69. The van der Waals surface area contributed by atoms with Crippen LogP contribution in [-0.2, 0) is 0 Å². The second-order valence-corrected chi connectivity index (χ2v) is 6.07. The molecular weight excluding hydrogens is 327 g/mol. The molecule has 2 aromatic carbocycles. The van der Waals surface area contributed by atoms with Crippen molar-refractivity contribution < 1.29 is 9.13 Å². The van der Waals surface area contributed by atoms with Crippen molar-refractivity contribution in [3.8, 4) is 5.75 Å². The molecule has 130 valence electrons. The van der Waals surface area contributed by atoms with E-state index in [9.17, 15) is 4.39 Å². The summed E-state index contributed by atoms with van der Waals surface area (Å²) in [6.45, 7) is 4.18. The molecule has 1 aliphatic rings. The molecule has 2 aromatic rings. The fourth-order valence-electron chi connectivity index (χ4n) is 3.28. The van der Waals surface area contributed by atoms with E-state index in [1.165, 1.54) is 17.7 Å². The first-order valence-corrected chi connectivity index (χ1v) is 8.12. The summed E-state index contributed by atoms with van der Waals surface area (Å²) in [5.74, 6) is 1.45. The monoisotopic (exact) mass is 350 g/mol. The van der Waals surface area contributed by atoms with E-state index in [1.54, 1.807) is 12.1 Å². The van der Waals surface area contributed by atoms with E-state index in [1.807, 2.05) is 6.07 Å². The molecule has 0 aliphatic carbocycles. The van der Waals surface area contributed by atoms with Crippen molar-refractivity contribution in [1.29, 1.82) is 0 Å². The van der Waals surface area contributed by atoms with Gasteiger partial charge in [-0.25, -0.2) is 4.39 Å². The van der Waals surface area contributed by atoms with Gasteiger partial charge < -0.3 is 10.5 Å². The topological polar surface area (TPSA) is 38.5 Å². The van der Waals surface area contributed by atoms with E-state index in [0.29, 0.717) is 30.7 Å². The van der Waals surface area contributed by atoms with Gasteiger partial charge in [0.1, 0.15) is 18.2 Å². The Bertz CT molecular complexity index is 609. The molecule has 2 atom stereocenters. The van der Waals surface area contributed by atoms with Crippen molar-refractivity contribution in [3.63, 3.8) is 0 Å². The molecule has 0 radical (unpaired) electrons. The summed E-state index contributed by atoms with van der Waals surface area (Å²) in [6, 6.07) is 16.8. The molecule has 1 heterocycles. The van der Waals surface area contributed by atoms with Gasteiger partial charge in [-0.05, 0) is 42.3 Å². The Labute approximate surface area is 149 Å². The van der Waals surface area contributed by atoms with Crippen LogP contribution in [0.25, 0.3) is 0 Å². The summed E-state index contributed by atoms with van der Waals surface area (Å²) in [7, 11) is 0. The summed E-state index contributed by atoms with van der Waals surface area (Å²) >= 11 is 0. The SMILES string of the molecule is Cl.NC[C@@H]1CN(CCOc2ccc(F)cc2)C[C@H]1c1ccccc1. The molecule has 0 bridgehead atoms. The predicted octanol–water partition coefficient (Wildman–Crippen LogP) is 3.30. The van der Waals surface area contributed by atoms with Gasteiger partial charge in [-0.15, -0.1) is 12.4 Å². The zero-order chi connectivity index (χ0) is 16.1. The normalized spacial score (nSPS) is 20.6. The molecular formula is C19H24ClFN2O. The highest BCUT2D eigenvalue weighted by Gasteiger charge is 2.32. The second kappa shape index (κ2) is 9.02. The minimum atomic E-state index is -0.242. The first-order valence-electron chi connectivity index (χ1n) is 8.12. The molecule has 2 N–H and O–H groups in total. The number of ether oxygens (including phenoxy) is 1. The fourth-order valence-corrected chi connectivity index (χ4v) is 3.28. The number of hydrogen-bond donors (Lipinski definition) is 1. The standard InChI is InChI=1S/C19H23FN2O.ClH/c20-17-6-8-18(9-7-17)23-11-10-22-13-16(12-21)19(14-22)15-4-2-1-3-5-15;/h1-9,16,19H,10-14,21H2;1H/t16-,19+;/m1./s1. The number of likely N-dealkylation sites (tertiary alicyclic amines) is 1. The Morgan fingerprint density at radius 3 is 2.42 bits per heavy atom. The van der Waals surface area contributed by atoms with Crippen molar-refractivity contribution in [2.45, 2.75) is 5.92 Å². The smallest absolute Gasteiger partial charge is 0.123 e. The Morgan fingerprint density at radius 2 is 1.75 bits per heavy atom. The van der Waals surface area contributed by atoms with Crippen LogP contribution in [0.3, 0.4) is 0 Å². The Hall–Kier alpha value is -1.62. The van der Waals surface area contributed by atoms with Crippen LogP contribution in [0.4, 0.5) is 4.39 Å². The summed E-state index contributed by atoms with van der Waals surface area (Å²) in [5.41, 5.74) is 7.33. The van der Waals surface area contributed by atoms with Gasteiger partial charge in [-0.1, -0.05) is 30.3 Å². The summed E-state index contributed by atoms with van der Waals surface area (Å²) in [6.07, 6.45) is 0. The molecule has 3 nitrogen and oxygen atoms in total. The maximum atomic E-state index is 12.9. The maximum Gasteiger partial charge on any atom is 0.123 e. The first-order chi connectivity index (χ1) is 11.3. The van der Waals surface area contributed by atoms with E-state index in [0.717, 1.165) is 19.6 Å². The van der Waals surface area contributed by atoms with Crippen molar-refractivity contribution in [3.05, 3.63) is 66.0 Å². The number of benzene rings is 2. The number of nitrogens with two attached hydrogens (primary N) is 1. The lowest BCUT2D eigenvalue weighted by Gasteiger charge is -2.17. The Morgan fingerprint density at radius 1 is 1.04 bits per heavy atom. The van der Waals surface area contributed by atoms with Crippen molar-refractivity contribution in [1.82, 2.24) is 4.90 Å². The van der Waals surface area contributed by atoms with Crippen LogP contribution in [0.1, 0.15) is 11.5 Å². The van der Waals surface area contributed by atoms with Crippen LogP contribution in [0.2, 0.25) is 0 Å². The van der Waals surface area contributed by atoms with Crippen molar-refractivity contribution in [2.24, 2.45) is 11.7 Å². The lowest BCUT2D eigenvalue weighted by molar-refractivity contribution is 0.232. The molecule has 0 spiro atoms. The first kappa shape index (κ1) is 18.7. The summed E-state index contributed by atoms with van der Waals surface area (Å²) in [5, 5.41) is 0. The van der Waals surface area contributed by atoms with Gasteiger partial charge in [-0.3, -0.25) is 4.90 Å². The zero-order valence-corrected chi connectivity index (χ0v) is 14.4. The minimum absolute atomic E-state index is 0. The molecule has 3 rings (SSSR count). The van der Waals surface area contributed by atoms with Gasteiger partial charge in [0, 0.05) is 25.6 Å². The van der Waals surface area contributed by atoms with Crippen LogP contribution in [-0.4, -0.2) is 37.7 Å². The van der Waals surface area contributed by atoms with E-state index in [2.05, 4.69) is 29.2 Å². The van der Waals surface area contributed by atoms with Gasteiger partial charge in [0.05, 0.1) is 0 Å². The number of nitrogens with zero attached hydrogens (tertiary/aromatic N) is 1. The van der Waals surface area contributed by atoms with E-state index >= 15 is 0 Å². The van der Waals surface area contributed by atoms with Gasteiger partial charge in [0.15, 0.2) is 0 Å². The molecule has 1 saturated heterocycles. The highest BCUT2D eigenvalue weighted by molar-refractivity contribution is 5.85. The fraction of sp³-hybridized carbons (Fsp3) is 0.368. The predicted molar refractivity (Wildman–Crippen MR) is 97.3 cm³/mol. The van der Waals surface area contributed by atoms with Gasteiger partial charge >= 0.3 is 0 Å². The van der Waals surface area contributed by atoms with Gasteiger partial charge in [0.25, 0.3) is 0 Å². The largest absolute Gasteiger partial charge is 0.492 e.